The fourth-order valence-electron chi connectivity index (χ4n) is 3.34. The van der Waals surface area contributed by atoms with Crippen LogP contribution in [0.15, 0.2) is 47.4 Å². The van der Waals surface area contributed by atoms with Crippen molar-refractivity contribution in [3.63, 3.8) is 0 Å². The Morgan fingerprint density at radius 3 is 2.92 bits per heavy atom. The van der Waals surface area contributed by atoms with Crippen LogP contribution in [0.5, 0.6) is 0 Å². The highest BCUT2D eigenvalue weighted by atomic mass is 35.5. The number of fused-ring (bicyclic) bond motifs is 2. The molecule has 0 bridgehead atoms. The van der Waals surface area contributed by atoms with Gasteiger partial charge in [0.05, 0.1) is 11.3 Å². The van der Waals surface area contributed by atoms with Crippen LogP contribution in [0.2, 0.25) is 5.02 Å². The number of nitrogens with zero attached hydrogens (tertiary/aromatic N) is 1. The van der Waals surface area contributed by atoms with Crippen molar-refractivity contribution in [1.82, 2.24) is 0 Å². The maximum atomic E-state index is 13.3. The van der Waals surface area contributed by atoms with Gasteiger partial charge in [0.2, 0.25) is 0 Å². The molecule has 2 heterocycles. The Morgan fingerprint density at radius 2 is 2.08 bits per heavy atom. The van der Waals surface area contributed by atoms with Gasteiger partial charge in [-0.3, -0.25) is 4.79 Å². The molecule has 6 heteroatoms. The average molecular weight is 374 g/mol. The van der Waals surface area contributed by atoms with E-state index in [0.29, 0.717) is 23.6 Å². The fourth-order valence-corrected chi connectivity index (χ4v) is 4.48. The molecule has 128 valence electrons. The highest BCUT2D eigenvalue weighted by Crippen LogP contribution is 2.39. The number of hydrogen-bond donors (Lipinski definition) is 0. The van der Waals surface area contributed by atoms with E-state index in [-0.39, 0.29) is 5.91 Å². The van der Waals surface area contributed by atoms with Gasteiger partial charge in [-0.1, -0.05) is 29.8 Å². The lowest BCUT2D eigenvalue weighted by molar-refractivity contribution is -0.136. The van der Waals surface area contributed by atoms with E-state index in [2.05, 4.69) is 0 Å². The number of ether oxygens (including phenoxy) is 1. The predicted octanol–water partition coefficient (Wildman–Crippen LogP) is 3.95. The summed E-state index contributed by atoms with van der Waals surface area (Å²) in [6, 6.07) is 12.8. The third kappa shape index (κ3) is 2.81. The smallest absolute Gasteiger partial charge is 0.339 e. The summed E-state index contributed by atoms with van der Waals surface area (Å²) in [5.74, 6) is 0.135. The third-order valence-corrected chi connectivity index (χ3v) is 5.84. The molecule has 2 aromatic rings. The summed E-state index contributed by atoms with van der Waals surface area (Å²) in [4.78, 5) is 28.4. The van der Waals surface area contributed by atoms with Crippen molar-refractivity contribution in [2.24, 2.45) is 0 Å². The monoisotopic (exact) mass is 373 g/mol. The lowest BCUT2D eigenvalue weighted by Crippen LogP contribution is -2.54. The van der Waals surface area contributed by atoms with Gasteiger partial charge >= 0.3 is 5.97 Å². The lowest BCUT2D eigenvalue weighted by atomic mass is 9.88. The topological polar surface area (TPSA) is 46.6 Å². The Balaban J connectivity index is 1.71. The minimum Gasteiger partial charge on any atom is -0.445 e. The van der Waals surface area contributed by atoms with Crippen LogP contribution in [0, 0.1) is 0 Å². The Kier molecular flexibility index (Phi) is 4.01. The highest BCUT2D eigenvalue weighted by molar-refractivity contribution is 7.99. The number of thioether (sulfide) groups is 1. The van der Waals surface area contributed by atoms with Crippen LogP contribution in [-0.4, -0.2) is 29.8 Å². The van der Waals surface area contributed by atoms with Gasteiger partial charge in [0, 0.05) is 28.6 Å². The Bertz CT molecular complexity index is 885. The summed E-state index contributed by atoms with van der Waals surface area (Å²) >= 11 is 7.82. The molecule has 0 N–H and O–H groups in total. The molecule has 2 aliphatic heterocycles. The number of carbonyl (C=O) groups excluding carboxylic acids is 2. The van der Waals surface area contributed by atoms with Crippen LogP contribution in [0.3, 0.4) is 0 Å². The van der Waals surface area contributed by atoms with Crippen LogP contribution in [0.4, 0.5) is 5.69 Å². The molecule has 2 aliphatic rings. The first-order valence-electron chi connectivity index (χ1n) is 8.03. The average Bonchev–Trinajstić information content (AvgIpc) is 2.60. The first-order valence-corrected chi connectivity index (χ1v) is 9.40. The first-order chi connectivity index (χ1) is 12.0. The van der Waals surface area contributed by atoms with E-state index in [1.54, 1.807) is 41.8 Å². The van der Waals surface area contributed by atoms with Crippen molar-refractivity contribution >= 4 is 40.9 Å². The molecule has 1 unspecified atom stereocenters. The number of cyclic esters (lactones) is 1. The quantitative estimate of drug-likeness (QED) is 0.710. The number of anilines is 1. The van der Waals surface area contributed by atoms with E-state index in [4.69, 9.17) is 16.3 Å². The van der Waals surface area contributed by atoms with E-state index >= 15 is 0 Å². The maximum Gasteiger partial charge on any atom is 0.339 e. The molecule has 1 amide bonds. The van der Waals surface area contributed by atoms with E-state index in [1.807, 2.05) is 24.3 Å². The third-order valence-electron chi connectivity index (χ3n) is 4.56. The number of rotatable bonds is 1. The van der Waals surface area contributed by atoms with Crippen LogP contribution in [0.1, 0.15) is 22.8 Å². The lowest BCUT2D eigenvalue weighted by Gasteiger charge is -2.39. The van der Waals surface area contributed by atoms with Gasteiger partial charge < -0.3 is 9.64 Å². The molecule has 2 aromatic carbocycles. The molecular formula is C19H16ClNO3S. The first kappa shape index (κ1) is 16.5. The molecule has 1 atom stereocenters. The number of benzene rings is 2. The normalized spacial score (nSPS) is 22.0. The van der Waals surface area contributed by atoms with Crippen molar-refractivity contribution < 1.29 is 14.3 Å². The second-order valence-corrected chi connectivity index (χ2v) is 7.94. The van der Waals surface area contributed by atoms with Gasteiger partial charge in [-0.2, -0.15) is 0 Å². The minimum atomic E-state index is -1.22. The summed E-state index contributed by atoms with van der Waals surface area (Å²) in [5, 5.41) is 0.579. The number of esters is 1. The van der Waals surface area contributed by atoms with E-state index in [9.17, 15) is 9.59 Å². The highest BCUT2D eigenvalue weighted by Gasteiger charge is 2.45. The number of halogens is 1. The van der Waals surface area contributed by atoms with E-state index in [0.717, 1.165) is 21.9 Å². The zero-order valence-corrected chi connectivity index (χ0v) is 15.2. The SMILES string of the molecule is CC1(C(=O)N2CCSc3ccc(Cl)cc32)Cc2ccccc2C(=O)O1. The molecule has 0 saturated carbocycles. The fraction of sp³-hybridized carbons (Fsp3) is 0.263. The summed E-state index contributed by atoms with van der Waals surface area (Å²) in [5.41, 5.74) is 0.940. The minimum absolute atomic E-state index is 0.209. The maximum absolute atomic E-state index is 13.3. The standard InChI is InChI=1S/C19H16ClNO3S/c1-19(11-12-4-2-3-5-14(12)17(22)24-19)18(23)21-8-9-25-16-7-6-13(20)10-15(16)21/h2-7,10H,8-9,11H2,1H3. The zero-order chi connectivity index (χ0) is 17.6. The van der Waals surface area contributed by atoms with Crippen LogP contribution < -0.4 is 4.90 Å². The molecule has 4 rings (SSSR count). The summed E-state index contributed by atoms with van der Waals surface area (Å²) in [7, 11) is 0. The van der Waals surface area contributed by atoms with Crippen LogP contribution >= 0.6 is 23.4 Å². The van der Waals surface area contributed by atoms with Gasteiger partial charge in [0.25, 0.3) is 5.91 Å². The van der Waals surface area contributed by atoms with Crippen molar-refractivity contribution in [2.45, 2.75) is 23.8 Å². The summed E-state index contributed by atoms with van der Waals surface area (Å²) in [6.45, 7) is 2.25. The molecule has 4 nitrogen and oxygen atoms in total. The second-order valence-electron chi connectivity index (χ2n) is 6.37. The molecule has 0 aliphatic carbocycles. The molecule has 0 spiro atoms. The Labute approximate surface area is 155 Å². The second kappa shape index (κ2) is 6.07. The van der Waals surface area contributed by atoms with Gasteiger partial charge in [0.15, 0.2) is 5.60 Å². The molecule has 0 saturated heterocycles. The van der Waals surface area contributed by atoms with Gasteiger partial charge in [-0.05, 0) is 36.8 Å². The summed E-state index contributed by atoms with van der Waals surface area (Å²) < 4.78 is 5.59. The van der Waals surface area contributed by atoms with E-state index < -0.39 is 11.6 Å². The molecule has 25 heavy (non-hydrogen) atoms. The van der Waals surface area contributed by atoms with Crippen molar-refractivity contribution in [3.8, 4) is 0 Å². The molecule has 0 fully saturated rings. The Morgan fingerprint density at radius 1 is 1.28 bits per heavy atom. The van der Waals surface area contributed by atoms with Gasteiger partial charge in [-0.15, -0.1) is 11.8 Å². The number of carbonyl (C=O) groups is 2. The van der Waals surface area contributed by atoms with Crippen LogP contribution in [0.25, 0.3) is 0 Å². The molecule has 0 aromatic heterocycles. The predicted molar refractivity (Wildman–Crippen MR) is 98.5 cm³/mol. The van der Waals surface area contributed by atoms with Crippen molar-refractivity contribution in [3.05, 3.63) is 58.6 Å². The van der Waals surface area contributed by atoms with Crippen molar-refractivity contribution in [2.75, 3.05) is 17.2 Å². The summed E-state index contributed by atoms with van der Waals surface area (Å²) in [6.07, 6.45) is 0.368. The zero-order valence-electron chi connectivity index (χ0n) is 13.6. The van der Waals surface area contributed by atoms with Gasteiger partial charge in [-0.25, -0.2) is 4.79 Å². The number of amides is 1. The van der Waals surface area contributed by atoms with Crippen LogP contribution in [-0.2, 0) is 16.0 Å². The number of hydrogen-bond acceptors (Lipinski definition) is 4. The molecule has 0 radical (unpaired) electrons. The Hall–Kier alpha value is -1.98. The van der Waals surface area contributed by atoms with Gasteiger partial charge in [0.1, 0.15) is 0 Å². The van der Waals surface area contributed by atoms with E-state index in [1.165, 1.54) is 0 Å². The van der Waals surface area contributed by atoms with Crippen molar-refractivity contribution in [1.29, 1.82) is 0 Å². The molecular weight excluding hydrogens is 358 g/mol. The largest absolute Gasteiger partial charge is 0.445 e.